The standard InChI is InChI=1S/C17H22F2/c1-2-3-11-4-6-14-12(8-11)5-7-15-16(14)9-13(18)10-17(15)19/h9-12,14H,2-8H2,1H3/t11-,12-,14+/m1/s1. The van der Waals surface area contributed by atoms with Crippen LogP contribution in [0.25, 0.3) is 0 Å². The summed E-state index contributed by atoms with van der Waals surface area (Å²) < 4.78 is 27.3. The zero-order valence-corrected chi connectivity index (χ0v) is 11.6. The molecule has 0 aliphatic heterocycles. The van der Waals surface area contributed by atoms with Crippen molar-refractivity contribution >= 4 is 0 Å². The van der Waals surface area contributed by atoms with Crippen LogP contribution < -0.4 is 0 Å². The van der Waals surface area contributed by atoms with E-state index in [0.717, 1.165) is 42.4 Å². The number of hydrogen-bond acceptors (Lipinski definition) is 0. The third kappa shape index (κ3) is 2.42. The molecule has 3 atom stereocenters. The first-order valence-corrected chi connectivity index (χ1v) is 7.66. The fourth-order valence-corrected chi connectivity index (χ4v) is 4.31. The van der Waals surface area contributed by atoms with Gasteiger partial charge in [-0.15, -0.1) is 0 Å². The molecule has 2 heteroatoms. The van der Waals surface area contributed by atoms with Crippen LogP contribution in [0.5, 0.6) is 0 Å². The summed E-state index contributed by atoms with van der Waals surface area (Å²) in [6.07, 6.45) is 8.05. The van der Waals surface area contributed by atoms with Crippen LogP contribution >= 0.6 is 0 Å². The summed E-state index contributed by atoms with van der Waals surface area (Å²) >= 11 is 0. The van der Waals surface area contributed by atoms with Gasteiger partial charge in [0.2, 0.25) is 0 Å². The van der Waals surface area contributed by atoms with Crippen molar-refractivity contribution in [3.63, 3.8) is 0 Å². The van der Waals surface area contributed by atoms with Gasteiger partial charge < -0.3 is 0 Å². The number of halogens is 2. The van der Waals surface area contributed by atoms with Crippen molar-refractivity contribution in [2.24, 2.45) is 11.8 Å². The van der Waals surface area contributed by atoms with E-state index in [4.69, 9.17) is 0 Å². The van der Waals surface area contributed by atoms with Crippen molar-refractivity contribution in [2.75, 3.05) is 0 Å². The quantitative estimate of drug-likeness (QED) is 0.687. The lowest BCUT2D eigenvalue weighted by molar-refractivity contribution is 0.199. The van der Waals surface area contributed by atoms with Crippen LogP contribution in [0.15, 0.2) is 12.1 Å². The molecule has 2 aliphatic rings. The van der Waals surface area contributed by atoms with E-state index < -0.39 is 5.82 Å². The molecule has 0 saturated heterocycles. The Hall–Kier alpha value is -0.920. The van der Waals surface area contributed by atoms with E-state index in [0.29, 0.717) is 11.8 Å². The Morgan fingerprint density at radius 2 is 2.00 bits per heavy atom. The second kappa shape index (κ2) is 5.22. The third-order valence-corrected chi connectivity index (χ3v) is 5.15. The molecule has 1 fully saturated rings. The number of fused-ring (bicyclic) bond motifs is 3. The maximum absolute atomic E-state index is 13.8. The van der Waals surface area contributed by atoms with Crippen LogP contribution in [-0.2, 0) is 6.42 Å². The Balaban J connectivity index is 1.86. The highest BCUT2D eigenvalue weighted by molar-refractivity contribution is 5.35. The minimum Gasteiger partial charge on any atom is -0.207 e. The third-order valence-electron chi connectivity index (χ3n) is 5.15. The molecule has 3 rings (SSSR count). The molecule has 0 unspecified atom stereocenters. The molecule has 0 heterocycles. The molecule has 1 saturated carbocycles. The minimum absolute atomic E-state index is 0.330. The highest BCUT2D eigenvalue weighted by Crippen LogP contribution is 2.48. The van der Waals surface area contributed by atoms with Gasteiger partial charge in [0.25, 0.3) is 0 Å². The molecule has 19 heavy (non-hydrogen) atoms. The zero-order chi connectivity index (χ0) is 13.4. The van der Waals surface area contributed by atoms with Crippen LogP contribution in [0.2, 0.25) is 0 Å². The summed E-state index contributed by atoms with van der Waals surface area (Å²) in [7, 11) is 0. The largest absolute Gasteiger partial charge is 0.207 e. The molecule has 0 nitrogen and oxygen atoms in total. The molecular formula is C17H22F2. The Morgan fingerprint density at radius 3 is 2.79 bits per heavy atom. The van der Waals surface area contributed by atoms with Crippen molar-refractivity contribution in [1.29, 1.82) is 0 Å². The molecule has 104 valence electrons. The fraction of sp³-hybridized carbons (Fsp3) is 0.647. The zero-order valence-electron chi connectivity index (χ0n) is 11.6. The lowest BCUT2D eigenvalue weighted by Crippen LogP contribution is -2.28. The van der Waals surface area contributed by atoms with E-state index in [1.165, 1.54) is 25.7 Å². The molecule has 0 aromatic heterocycles. The molecule has 1 aromatic carbocycles. The van der Waals surface area contributed by atoms with Gasteiger partial charge in [-0.25, -0.2) is 8.78 Å². The van der Waals surface area contributed by atoms with E-state index in [1.807, 2.05) is 0 Å². The molecule has 0 bridgehead atoms. The number of rotatable bonds is 2. The van der Waals surface area contributed by atoms with E-state index in [9.17, 15) is 8.78 Å². The summed E-state index contributed by atoms with van der Waals surface area (Å²) in [5, 5.41) is 0. The van der Waals surface area contributed by atoms with Gasteiger partial charge in [-0.1, -0.05) is 19.8 Å². The molecule has 1 aromatic rings. The van der Waals surface area contributed by atoms with Crippen molar-refractivity contribution in [2.45, 2.75) is 57.8 Å². The van der Waals surface area contributed by atoms with Gasteiger partial charge in [0, 0.05) is 6.07 Å². The first kappa shape index (κ1) is 13.1. The predicted octanol–water partition coefficient (Wildman–Crippen LogP) is 5.21. The van der Waals surface area contributed by atoms with Gasteiger partial charge in [0.15, 0.2) is 0 Å². The second-order valence-electron chi connectivity index (χ2n) is 6.33. The maximum Gasteiger partial charge on any atom is 0.129 e. The lowest BCUT2D eigenvalue weighted by Gasteiger charge is -2.40. The average Bonchev–Trinajstić information content (AvgIpc) is 2.38. The monoisotopic (exact) mass is 264 g/mol. The van der Waals surface area contributed by atoms with Crippen LogP contribution in [0.3, 0.4) is 0 Å². The average molecular weight is 264 g/mol. The topological polar surface area (TPSA) is 0 Å². The molecule has 0 amide bonds. The Kier molecular flexibility index (Phi) is 3.60. The molecule has 2 aliphatic carbocycles. The van der Waals surface area contributed by atoms with Crippen LogP contribution in [0.1, 0.15) is 62.5 Å². The van der Waals surface area contributed by atoms with Gasteiger partial charge in [-0.2, -0.15) is 0 Å². The van der Waals surface area contributed by atoms with Crippen molar-refractivity contribution in [3.8, 4) is 0 Å². The van der Waals surface area contributed by atoms with Crippen LogP contribution in [-0.4, -0.2) is 0 Å². The van der Waals surface area contributed by atoms with Crippen LogP contribution in [0.4, 0.5) is 8.78 Å². The molecular weight excluding hydrogens is 242 g/mol. The first-order chi connectivity index (χ1) is 9.19. The SMILES string of the molecule is CCC[C@@H]1CC[C@@H]2c3cc(F)cc(F)c3CC[C@@H]2C1. The summed E-state index contributed by atoms with van der Waals surface area (Å²) in [6.45, 7) is 2.24. The predicted molar refractivity (Wildman–Crippen MR) is 73.2 cm³/mol. The Bertz CT molecular complexity index is 467. The van der Waals surface area contributed by atoms with Gasteiger partial charge >= 0.3 is 0 Å². The lowest BCUT2D eigenvalue weighted by atomic mass is 9.64. The fourth-order valence-electron chi connectivity index (χ4n) is 4.31. The summed E-state index contributed by atoms with van der Waals surface area (Å²) in [6, 6.07) is 2.64. The van der Waals surface area contributed by atoms with Crippen molar-refractivity contribution in [1.82, 2.24) is 0 Å². The van der Waals surface area contributed by atoms with E-state index in [-0.39, 0.29) is 5.82 Å². The van der Waals surface area contributed by atoms with E-state index >= 15 is 0 Å². The minimum atomic E-state index is -0.410. The smallest absolute Gasteiger partial charge is 0.129 e. The van der Waals surface area contributed by atoms with E-state index in [1.54, 1.807) is 6.07 Å². The van der Waals surface area contributed by atoms with Gasteiger partial charge in [-0.05, 0) is 67.1 Å². The number of hydrogen-bond donors (Lipinski definition) is 0. The highest BCUT2D eigenvalue weighted by Gasteiger charge is 2.36. The van der Waals surface area contributed by atoms with Gasteiger partial charge in [0.1, 0.15) is 11.6 Å². The van der Waals surface area contributed by atoms with Crippen molar-refractivity contribution < 1.29 is 8.78 Å². The Morgan fingerprint density at radius 1 is 1.16 bits per heavy atom. The van der Waals surface area contributed by atoms with Crippen molar-refractivity contribution in [3.05, 3.63) is 34.9 Å². The summed E-state index contributed by atoms with van der Waals surface area (Å²) in [5.74, 6) is 1.16. The molecule has 0 spiro atoms. The number of benzene rings is 1. The second-order valence-corrected chi connectivity index (χ2v) is 6.33. The van der Waals surface area contributed by atoms with E-state index in [2.05, 4.69) is 6.92 Å². The Labute approximate surface area is 114 Å². The highest BCUT2D eigenvalue weighted by atomic mass is 19.1. The summed E-state index contributed by atoms with van der Waals surface area (Å²) in [4.78, 5) is 0. The normalized spacial score (nSPS) is 29.7. The van der Waals surface area contributed by atoms with Gasteiger partial charge in [-0.3, -0.25) is 0 Å². The summed E-state index contributed by atoms with van der Waals surface area (Å²) in [5.41, 5.74) is 1.76. The molecule has 0 radical (unpaired) electrons. The van der Waals surface area contributed by atoms with Gasteiger partial charge in [0.05, 0.1) is 0 Å². The maximum atomic E-state index is 13.8. The molecule has 0 N–H and O–H groups in total. The van der Waals surface area contributed by atoms with Crippen LogP contribution in [0, 0.1) is 23.5 Å². The first-order valence-electron chi connectivity index (χ1n) is 7.66.